The van der Waals surface area contributed by atoms with Crippen molar-refractivity contribution in [1.82, 2.24) is 4.98 Å². The Labute approximate surface area is 111 Å². The molecule has 0 amide bonds. The van der Waals surface area contributed by atoms with E-state index < -0.39 is 18.1 Å². The SMILES string of the molecule is CCOC(=O)c1c(CN)cc(I)nc1C(F)F. The van der Waals surface area contributed by atoms with Crippen LogP contribution in [0.1, 0.15) is 35.0 Å². The van der Waals surface area contributed by atoms with E-state index in [2.05, 4.69) is 4.98 Å². The Morgan fingerprint density at radius 2 is 2.29 bits per heavy atom. The zero-order valence-electron chi connectivity index (χ0n) is 9.04. The smallest absolute Gasteiger partial charge is 0.340 e. The van der Waals surface area contributed by atoms with Gasteiger partial charge in [-0.2, -0.15) is 0 Å². The zero-order chi connectivity index (χ0) is 13.0. The molecule has 0 atom stereocenters. The van der Waals surface area contributed by atoms with Gasteiger partial charge in [0.1, 0.15) is 9.39 Å². The molecule has 0 spiro atoms. The lowest BCUT2D eigenvalue weighted by molar-refractivity contribution is 0.0511. The first-order valence-electron chi connectivity index (χ1n) is 4.85. The fourth-order valence-electron chi connectivity index (χ4n) is 1.34. The summed E-state index contributed by atoms with van der Waals surface area (Å²) in [5.41, 5.74) is 4.97. The van der Waals surface area contributed by atoms with Crippen LogP contribution in [0.15, 0.2) is 6.07 Å². The predicted molar refractivity (Wildman–Crippen MR) is 65.8 cm³/mol. The van der Waals surface area contributed by atoms with Crippen molar-refractivity contribution in [2.45, 2.75) is 19.9 Å². The molecule has 4 nitrogen and oxygen atoms in total. The number of rotatable bonds is 4. The monoisotopic (exact) mass is 356 g/mol. The second kappa shape index (κ2) is 6.20. The van der Waals surface area contributed by atoms with Gasteiger partial charge in [-0.1, -0.05) is 0 Å². The van der Waals surface area contributed by atoms with Gasteiger partial charge >= 0.3 is 5.97 Å². The molecular weight excluding hydrogens is 345 g/mol. The van der Waals surface area contributed by atoms with Gasteiger partial charge in [0.05, 0.1) is 12.2 Å². The molecule has 1 heterocycles. The van der Waals surface area contributed by atoms with Crippen molar-refractivity contribution in [3.8, 4) is 0 Å². The minimum Gasteiger partial charge on any atom is -0.462 e. The molecule has 0 radical (unpaired) electrons. The Balaban J connectivity index is 3.36. The molecule has 0 fully saturated rings. The number of carbonyl (C=O) groups is 1. The highest BCUT2D eigenvalue weighted by molar-refractivity contribution is 14.1. The van der Waals surface area contributed by atoms with E-state index in [0.29, 0.717) is 9.26 Å². The molecule has 1 aromatic rings. The number of pyridine rings is 1. The Kier molecular flexibility index (Phi) is 5.19. The number of aromatic nitrogens is 1. The second-order valence-electron chi connectivity index (χ2n) is 3.09. The van der Waals surface area contributed by atoms with Crippen molar-refractivity contribution in [1.29, 1.82) is 0 Å². The fraction of sp³-hybridized carbons (Fsp3) is 0.400. The van der Waals surface area contributed by atoms with Crippen LogP contribution < -0.4 is 5.73 Å². The molecule has 17 heavy (non-hydrogen) atoms. The van der Waals surface area contributed by atoms with Crippen LogP contribution in [0.25, 0.3) is 0 Å². The number of nitrogens with zero attached hydrogens (tertiary/aromatic N) is 1. The lowest BCUT2D eigenvalue weighted by Gasteiger charge is -2.12. The largest absolute Gasteiger partial charge is 0.462 e. The summed E-state index contributed by atoms with van der Waals surface area (Å²) >= 11 is 1.80. The molecule has 0 bridgehead atoms. The van der Waals surface area contributed by atoms with Crippen LogP contribution in [0.4, 0.5) is 8.78 Å². The van der Waals surface area contributed by atoms with Crippen molar-refractivity contribution in [3.63, 3.8) is 0 Å². The standard InChI is InChI=1S/C10H11F2IN2O2/c1-2-17-10(16)7-5(4-14)3-6(13)15-8(7)9(11)12/h3,9H,2,4,14H2,1H3. The fourth-order valence-corrected chi connectivity index (χ4v) is 1.98. The number of nitrogens with two attached hydrogens (primary N) is 1. The minimum atomic E-state index is -2.84. The van der Waals surface area contributed by atoms with Gasteiger partial charge in [0.2, 0.25) is 0 Å². The molecule has 1 rings (SSSR count). The lowest BCUT2D eigenvalue weighted by atomic mass is 10.1. The van der Waals surface area contributed by atoms with Crippen LogP contribution in [-0.2, 0) is 11.3 Å². The molecule has 0 unspecified atom stereocenters. The van der Waals surface area contributed by atoms with Gasteiger partial charge in [-0.25, -0.2) is 18.6 Å². The number of esters is 1. The maximum Gasteiger partial charge on any atom is 0.340 e. The highest BCUT2D eigenvalue weighted by atomic mass is 127. The summed E-state index contributed by atoms with van der Waals surface area (Å²) < 4.78 is 30.7. The first kappa shape index (κ1) is 14.2. The molecule has 0 aliphatic carbocycles. The quantitative estimate of drug-likeness (QED) is 0.511. The van der Waals surface area contributed by atoms with E-state index >= 15 is 0 Å². The van der Waals surface area contributed by atoms with Gasteiger partial charge in [0.15, 0.2) is 0 Å². The summed E-state index contributed by atoms with van der Waals surface area (Å²) in [6.07, 6.45) is -2.84. The van der Waals surface area contributed by atoms with Gasteiger partial charge in [0, 0.05) is 6.54 Å². The van der Waals surface area contributed by atoms with Gasteiger partial charge < -0.3 is 10.5 Å². The Morgan fingerprint density at radius 1 is 1.65 bits per heavy atom. The van der Waals surface area contributed by atoms with E-state index in [1.807, 2.05) is 0 Å². The molecule has 0 saturated carbocycles. The number of alkyl halides is 2. The van der Waals surface area contributed by atoms with Gasteiger partial charge in [-0.15, -0.1) is 0 Å². The van der Waals surface area contributed by atoms with Gasteiger partial charge in [0.25, 0.3) is 6.43 Å². The Bertz CT molecular complexity index is 427. The summed E-state index contributed by atoms with van der Waals surface area (Å²) in [4.78, 5) is 15.3. The first-order chi connectivity index (χ1) is 8.01. The summed E-state index contributed by atoms with van der Waals surface area (Å²) in [5.74, 6) is -0.813. The maximum atomic E-state index is 12.8. The van der Waals surface area contributed by atoms with E-state index in [4.69, 9.17) is 10.5 Å². The van der Waals surface area contributed by atoms with E-state index in [9.17, 15) is 13.6 Å². The van der Waals surface area contributed by atoms with Crippen LogP contribution in [-0.4, -0.2) is 17.6 Å². The molecule has 1 aromatic heterocycles. The Hall–Kier alpha value is -0.830. The van der Waals surface area contributed by atoms with E-state index in [0.717, 1.165) is 0 Å². The topological polar surface area (TPSA) is 65.2 Å². The highest BCUT2D eigenvalue weighted by Crippen LogP contribution is 2.25. The third-order valence-corrected chi connectivity index (χ3v) is 2.56. The highest BCUT2D eigenvalue weighted by Gasteiger charge is 2.25. The van der Waals surface area contributed by atoms with Crippen LogP contribution in [0.2, 0.25) is 0 Å². The summed E-state index contributed by atoms with van der Waals surface area (Å²) in [6.45, 7) is 1.69. The van der Waals surface area contributed by atoms with Crippen LogP contribution in [0.5, 0.6) is 0 Å². The number of halogens is 3. The number of hydrogen-bond acceptors (Lipinski definition) is 4. The van der Waals surface area contributed by atoms with Crippen molar-refractivity contribution in [3.05, 3.63) is 26.6 Å². The van der Waals surface area contributed by atoms with Crippen LogP contribution in [0, 0.1) is 3.70 Å². The molecule has 0 aromatic carbocycles. The first-order valence-corrected chi connectivity index (χ1v) is 5.93. The van der Waals surface area contributed by atoms with E-state index in [-0.39, 0.29) is 18.7 Å². The zero-order valence-corrected chi connectivity index (χ0v) is 11.2. The third kappa shape index (κ3) is 3.32. The van der Waals surface area contributed by atoms with Crippen molar-refractivity contribution in [2.75, 3.05) is 6.61 Å². The predicted octanol–water partition coefficient (Wildman–Crippen LogP) is 2.26. The second-order valence-corrected chi connectivity index (χ2v) is 4.19. The summed E-state index contributed by atoms with van der Waals surface area (Å²) in [7, 11) is 0. The molecule has 0 aliphatic rings. The average Bonchev–Trinajstić information content (AvgIpc) is 2.27. The van der Waals surface area contributed by atoms with Gasteiger partial charge in [-0.3, -0.25) is 0 Å². The molecule has 7 heteroatoms. The summed E-state index contributed by atoms with van der Waals surface area (Å²) in [5, 5.41) is 0. The minimum absolute atomic E-state index is 0.0214. The molecule has 2 N–H and O–H groups in total. The molecule has 0 saturated heterocycles. The summed E-state index contributed by atoms with van der Waals surface area (Å²) in [6, 6.07) is 1.50. The number of hydrogen-bond donors (Lipinski definition) is 1. The average molecular weight is 356 g/mol. The number of carbonyl (C=O) groups excluding carboxylic acids is 1. The lowest BCUT2D eigenvalue weighted by Crippen LogP contribution is -2.16. The third-order valence-electron chi connectivity index (χ3n) is 2.00. The normalized spacial score (nSPS) is 10.7. The Morgan fingerprint density at radius 3 is 2.76 bits per heavy atom. The van der Waals surface area contributed by atoms with E-state index in [1.165, 1.54) is 6.07 Å². The van der Waals surface area contributed by atoms with Gasteiger partial charge in [-0.05, 0) is 41.1 Å². The van der Waals surface area contributed by atoms with Crippen molar-refractivity contribution in [2.24, 2.45) is 5.73 Å². The van der Waals surface area contributed by atoms with Crippen LogP contribution >= 0.6 is 22.6 Å². The number of ether oxygens (including phenoxy) is 1. The maximum absolute atomic E-state index is 12.8. The van der Waals surface area contributed by atoms with Crippen LogP contribution in [0.3, 0.4) is 0 Å². The van der Waals surface area contributed by atoms with Crippen molar-refractivity contribution >= 4 is 28.6 Å². The van der Waals surface area contributed by atoms with E-state index in [1.54, 1.807) is 29.5 Å². The van der Waals surface area contributed by atoms with Crippen molar-refractivity contribution < 1.29 is 18.3 Å². The molecule has 94 valence electrons. The molecular formula is C10H11F2IN2O2. The molecule has 0 aliphatic heterocycles.